The molecule has 0 aromatic carbocycles. The molecule has 8 unspecified atom stereocenters. The number of hydrogen-bond acceptors (Lipinski definition) is 10. The number of ether oxygens (including phenoxy) is 4. The molecule has 0 saturated heterocycles. The fourth-order valence-electron chi connectivity index (χ4n) is 13.7. The third kappa shape index (κ3) is 44.6. The minimum atomic E-state index is -1.27. The normalized spacial score (nSPS) is 16.0. The fourth-order valence-corrected chi connectivity index (χ4v) is 13.7. The van der Waals surface area contributed by atoms with Crippen molar-refractivity contribution >= 4 is 23.9 Å². The third-order valence-electron chi connectivity index (χ3n) is 20.0. The standard InChI is InChI=1S/C45H84O8.C37H78N2/c1-29(2)17-37(33(9)10)21-41(46)50-25-45(26-51-42(47)22-38(34(11)12)18-30(3)4,27-52-43(48)23-39(35(13)14)19-31(5)6)28-53-44(49)24-40(36(15)16)20-32(7)8;1-26(2)17-34(30(9)10)21-38(22-35(31(11)12)18-27(3)4)25-39(23-36(32(13)14)19-28(5)6)24-37(33(15)16)20-29(7)8/h29-40H,17-28H2,1-16H3;26-37H,17-25H2,1-16H3. The summed E-state index contributed by atoms with van der Waals surface area (Å²) in [5.41, 5.74) is -1.27. The lowest BCUT2D eigenvalue weighted by Crippen LogP contribution is -2.48. The zero-order valence-electron chi connectivity index (χ0n) is 67.4. The maximum atomic E-state index is 13.4. The van der Waals surface area contributed by atoms with E-state index in [0.717, 1.165) is 103 Å². The summed E-state index contributed by atoms with van der Waals surface area (Å²) in [7, 11) is 0. The van der Waals surface area contributed by atoms with Gasteiger partial charge in [-0.05, 0) is 193 Å². The van der Waals surface area contributed by atoms with Crippen molar-refractivity contribution in [2.75, 3.05) is 59.3 Å². The number of esters is 4. The first-order chi connectivity index (χ1) is 42.4. The second kappa shape index (κ2) is 48.5. The Balaban J connectivity index is 0. The van der Waals surface area contributed by atoms with E-state index in [-0.39, 0.29) is 123 Å². The number of hydrogen-bond donors (Lipinski definition) is 0. The molecule has 0 aromatic rings. The SMILES string of the molecule is CC(C)CC(CC(=O)OCC(COC(=O)CC(CC(C)C)C(C)C)(COC(=O)CC(CC(C)C)C(C)C)COC(=O)CC(CC(C)C)C(C)C)C(C)C.CC(C)CC(CN(CC(CC(C)C)C(C)C)CN(CC(CC(C)C)C(C)C)CC(CC(C)C)C(C)C)C(C)C. The van der Waals surface area contributed by atoms with Gasteiger partial charge in [-0.2, -0.15) is 0 Å². The molecule has 0 rings (SSSR count). The topological polar surface area (TPSA) is 112 Å². The van der Waals surface area contributed by atoms with E-state index in [4.69, 9.17) is 18.9 Å². The summed E-state index contributed by atoms with van der Waals surface area (Å²) in [6.45, 7) is 78.4. The number of carbonyl (C=O) groups excluding carboxylic acids is 4. The van der Waals surface area contributed by atoms with Crippen LogP contribution in [-0.2, 0) is 38.1 Å². The second-order valence-corrected chi connectivity index (χ2v) is 36.2. The molecule has 92 heavy (non-hydrogen) atoms. The van der Waals surface area contributed by atoms with Gasteiger partial charge in [0.2, 0.25) is 0 Å². The molecular formula is C82H162N2O8. The minimum absolute atomic E-state index is 0.141. The van der Waals surface area contributed by atoms with Gasteiger partial charge in [0, 0.05) is 51.9 Å². The Morgan fingerprint density at radius 1 is 0.239 bits per heavy atom. The number of rotatable bonds is 50. The fraction of sp³-hybridized carbons (Fsp3) is 0.951. The average Bonchev–Trinajstić information content (AvgIpc) is 0.948. The molecule has 0 amide bonds. The van der Waals surface area contributed by atoms with Gasteiger partial charge in [-0.25, -0.2) is 0 Å². The van der Waals surface area contributed by atoms with E-state index >= 15 is 0 Å². The van der Waals surface area contributed by atoms with Crippen LogP contribution in [0.5, 0.6) is 0 Å². The number of nitrogens with zero attached hydrogens (tertiary/aromatic N) is 2. The van der Waals surface area contributed by atoms with Crippen molar-refractivity contribution in [3.05, 3.63) is 0 Å². The molecule has 10 nitrogen and oxygen atoms in total. The third-order valence-corrected chi connectivity index (χ3v) is 20.0. The smallest absolute Gasteiger partial charge is 0.306 e. The first-order valence-corrected chi connectivity index (χ1v) is 38.5. The van der Waals surface area contributed by atoms with E-state index in [1.54, 1.807) is 0 Å². The van der Waals surface area contributed by atoms with Gasteiger partial charge in [0.15, 0.2) is 0 Å². The van der Waals surface area contributed by atoms with Crippen LogP contribution in [0.1, 0.15) is 299 Å². The first kappa shape index (κ1) is 91.9. The molecule has 0 aliphatic rings. The van der Waals surface area contributed by atoms with Crippen LogP contribution < -0.4 is 0 Å². The second-order valence-electron chi connectivity index (χ2n) is 36.2. The molecule has 0 bridgehead atoms. The highest BCUT2D eigenvalue weighted by molar-refractivity contribution is 5.71. The van der Waals surface area contributed by atoms with Crippen LogP contribution in [0.15, 0.2) is 0 Å². The molecule has 0 saturated carbocycles. The van der Waals surface area contributed by atoms with E-state index in [9.17, 15) is 19.2 Å². The van der Waals surface area contributed by atoms with Crippen molar-refractivity contribution in [3.8, 4) is 0 Å². The highest BCUT2D eigenvalue weighted by Crippen LogP contribution is 2.33. The zero-order valence-corrected chi connectivity index (χ0v) is 67.4. The molecule has 0 N–H and O–H groups in total. The monoisotopic (exact) mass is 1300 g/mol. The van der Waals surface area contributed by atoms with Gasteiger partial charge in [-0.15, -0.1) is 0 Å². The molecule has 0 spiro atoms. The van der Waals surface area contributed by atoms with Crippen LogP contribution in [-0.4, -0.2) is 93.0 Å². The van der Waals surface area contributed by atoms with Crippen LogP contribution in [0, 0.1) is 147 Å². The Hall–Kier alpha value is -2.20. The maximum Gasteiger partial charge on any atom is 0.306 e. The summed E-state index contributed by atoms with van der Waals surface area (Å²) in [6.07, 6.45) is 9.89. The van der Waals surface area contributed by atoms with Gasteiger partial charge in [0.05, 0.1) is 6.67 Å². The van der Waals surface area contributed by atoms with Crippen LogP contribution in [0.25, 0.3) is 0 Å². The summed E-state index contributed by atoms with van der Waals surface area (Å²) < 4.78 is 23.9. The van der Waals surface area contributed by atoms with E-state index in [1.807, 2.05) is 0 Å². The molecular weight excluding hydrogens is 1140 g/mol. The van der Waals surface area contributed by atoms with Gasteiger partial charge in [-0.3, -0.25) is 29.0 Å². The van der Waals surface area contributed by atoms with E-state index in [1.165, 1.54) is 51.9 Å². The zero-order chi connectivity index (χ0) is 71.5. The Morgan fingerprint density at radius 3 is 0.511 bits per heavy atom. The minimum Gasteiger partial charge on any atom is -0.465 e. The lowest BCUT2D eigenvalue weighted by atomic mass is 9.84. The molecule has 0 fully saturated rings. The maximum absolute atomic E-state index is 13.4. The van der Waals surface area contributed by atoms with Crippen molar-refractivity contribution < 1.29 is 38.1 Å². The van der Waals surface area contributed by atoms with Gasteiger partial charge >= 0.3 is 23.9 Å². The van der Waals surface area contributed by atoms with Crippen molar-refractivity contribution in [2.24, 2.45) is 147 Å². The largest absolute Gasteiger partial charge is 0.465 e. The highest BCUT2D eigenvalue weighted by atomic mass is 16.6. The molecule has 548 valence electrons. The van der Waals surface area contributed by atoms with Gasteiger partial charge in [0.25, 0.3) is 0 Å². The summed E-state index contributed by atoms with van der Waals surface area (Å²) >= 11 is 0. The van der Waals surface area contributed by atoms with E-state index < -0.39 is 5.41 Å². The van der Waals surface area contributed by atoms with Crippen LogP contribution in [0.2, 0.25) is 0 Å². The molecule has 0 radical (unpaired) electrons. The van der Waals surface area contributed by atoms with Crippen molar-refractivity contribution in [2.45, 2.75) is 299 Å². The van der Waals surface area contributed by atoms with Gasteiger partial charge in [-0.1, -0.05) is 222 Å². The summed E-state index contributed by atoms with van der Waals surface area (Å²) in [4.78, 5) is 59.6. The molecule has 0 aliphatic heterocycles. The highest BCUT2D eigenvalue weighted by Gasteiger charge is 2.40. The Morgan fingerprint density at radius 2 is 0.380 bits per heavy atom. The molecule has 10 heteroatoms. The summed E-state index contributed by atoms with van der Waals surface area (Å²) in [6, 6.07) is 0. The van der Waals surface area contributed by atoms with Gasteiger partial charge < -0.3 is 18.9 Å². The number of carbonyl (C=O) groups is 4. The van der Waals surface area contributed by atoms with E-state index in [0.29, 0.717) is 23.7 Å². The molecule has 0 aromatic heterocycles. The van der Waals surface area contributed by atoms with Crippen molar-refractivity contribution in [3.63, 3.8) is 0 Å². The molecule has 0 heterocycles. The lowest BCUT2D eigenvalue weighted by Gasteiger charge is -2.41. The molecule has 0 aliphatic carbocycles. The Bertz CT molecular complexity index is 1620. The van der Waals surface area contributed by atoms with Gasteiger partial charge in [0.1, 0.15) is 31.8 Å². The van der Waals surface area contributed by atoms with Crippen LogP contribution in [0.4, 0.5) is 0 Å². The predicted molar refractivity (Wildman–Crippen MR) is 395 cm³/mol. The van der Waals surface area contributed by atoms with Crippen LogP contribution >= 0.6 is 0 Å². The van der Waals surface area contributed by atoms with Crippen molar-refractivity contribution in [1.29, 1.82) is 0 Å². The quantitative estimate of drug-likeness (QED) is 0.0332. The first-order valence-electron chi connectivity index (χ1n) is 38.5. The van der Waals surface area contributed by atoms with Crippen LogP contribution in [0.3, 0.4) is 0 Å². The lowest BCUT2D eigenvalue weighted by molar-refractivity contribution is -0.172. The van der Waals surface area contributed by atoms with Crippen molar-refractivity contribution in [1.82, 2.24) is 9.80 Å². The molecule has 8 atom stereocenters. The average molecular weight is 1300 g/mol. The Labute approximate surface area is 574 Å². The predicted octanol–water partition coefficient (Wildman–Crippen LogP) is 21.8. The summed E-state index contributed by atoms with van der Waals surface area (Å²) in [5, 5.41) is 0. The summed E-state index contributed by atoms with van der Waals surface area (Å²) in [5.74, 6) is 11.0. The van der Waals surface area contributed by atoms with E-state index in [2.05, 4.69) is 231 Å². The Kier molecular flexibility index (Phi) is 48.4.